The Hall–Kier alpha value is -2.92. The van der Waals surface area contributed by atoms with E-state index in [2.05, 4.69) is 12.2 Å². The number of carbonyl (C=O) groups is 1. The minimum atomic E-state index is -3.46. The molecule has 0 spiro atoms. The molecule has 3 rings (SSSR count). The van der Waals surface area contributed by atoms with Crippen molar-refractivity contribution in [2.24, 2.45) is 0 Å². The number of hydrogen-bond acceptors (Lipinski definition) is 3. The van der Waals surface area contributed by atoms with Gasteiger partial charge in [0, 0.05) is 5.56 Å². The molecule has 5 heteroatoms. The molecule has 4 nitrogen and oxygen atoms in total. The van der Waals surface area contributed by atoms with Gasteiger partial charge >= 0.3 is 0 Å². The molecule has 3 aromatic carbocycles. The van der Waals surface area contributed by atoms with Gasteiger partial charge in [-0.15, -0.1) is 0 Å². The predicted molar refractivity (Wildman–Crippen MR) is 115 cm³/mol. The minimum Gasteiger partial charge on any atom is -0.345 e. The van der Waals surface area contributed by atoms with Crippen LogP contribution in [0.3, 0.4) is 0 Å². The lowest BCUT2D eigenvalue weighted by atomic mass is 10.0. The lowest BCUT2D eigenvalue weighted by molar-refractivity contribution is 0.0934. The lowest BCUT2D eigenvalue weighted by Gasteiger charge is -2.19. The monoisotopic (exact) mass is 407 g/mol. The van der Waals surface area contributed by atoms with Gasteiger partial charge in [0.15, 0.2) is 9.84 Å². The summed E-state index contributed by atoms with van der Waals surface area (Å²) in [6.45, 7) is 2.08. The van der Waals surface area contributed by atoms with Crippen LogP contribution < -0.4 is 5.32 Å². The molecule has 0 unspecified atom stereocenters. The Labute approximate surface area is 172 Å². The van der Waals surface area contributed by atoms with Gasteiger partial charge < -0.3 is 5.32 Å². The first kappa shape index (κ1) is 20.8. The Morgan fingerprint density at radius 3 is 2.21 bits per heavy atom. The average molecular weight is 408 g/mol. The van der Waals surface area contributed by atoms with E-state index in [1.54, 1.807) is 54.6 Å². The van der Waals surface area contributed by atoms with E-state index in [1.165, 1.54) is 0 Å². The molecule has 3 aromatic rings. The van der Waals surface area contributed by atoms with Crippen LogP contribution in [0.25, 0.3) is 0 Å². The van der Waals surface area contributed by atoms with Gasteiger partial charge in [0.1, 0.15) is 0 Å². The minimum absolute atomic E-state index is 0.0783. The van der Waals surface area contributed by atoms with E-state index in [1.807, 2.05) is 30.3 Å². The highest BCUT2D eigenvalue weighted by atomic mass is 32.2. The van der Waals surface area contributed by atoms with Gasteiger partial charge in [-0.25, -0.2) is 8.42 Å². The molecule has 0 saturated heterocycles. The molecule has 0 aliphatic heterocycles. The summed E-state index contributed by atoms with van der Waals surface area (Å²) in [7, 11) is -3.46. The average Bonchev–Trinajstić information content (AvgIpc) is 2.74. The quantitative estimate of drug-likeness (QED) is 0.576. The summed E-state index contributed by atoms with van der Waals surface area (Å²) in [4.78, 5) is 13.1. The summed E-state index contributed by atoms with van der Waals surface area (Å²) in [5, 5.41) is 3.08. The maximum Gasteiger partial charge on any atom is 0.251 e. The fourth-order valence-electron chi connectivity index (χ4n) is 3.27. The van der Waals surface area contributed by atoms with E-state index >= 15 is 0 Å². The van der Waals surface area contributed by atoms with Crippen molar-refractivity contribution >= 4 is 15.7 Å². The molecule has 150 valence electrons. The fraction of sp³-hybridized carbons (Fsp3) is 0.208. The van der Waals surface area contributed by atoms with E-state index in [9.17, 15) is 13.2 Å². The van der Waals surface area contributed by atoms with Crippen LogP contribution in [-0.2, 0) is 15.6 Å². The van der Waals surface area contributed by atoms with Crippen molar-refractivity contribution in [1.29, 1.82) is 0 Å². The number of sulfone groups is 1. The van der Waals surface area contributed by atoms with Crippen LogP contribution in [0.5, 0.6) is 0 Å². The first-order valence-electron chi connectivity index (χ1n) is 9.72. The molecule has 0 saturated carbocycles. The van der Waals surface area contributed by atoms with E-state index in [4.69, 9.17) is 0 Å². The van der Waals surface area contributed by atoms with Gasteiger partial charge in [0.2, 0.25) is 0 Å². The van der Waals surface area contributed by atoms with E-state index in [0.29, 0.717) is 11.1 Å². The summed E-state index contributed by atoms with van der Waals surface area (Å²) in [5.74, 6) is -0.346. The maximum atomic E-state index is 12.8. The molecular weight excluding hydrogens is 382 g/mol. The molecule has 1 N–H and O–H groups in total. The molecule has 0 bridgehead atoms. The highest BCUT2D eigenvalue weighted by molar-refractivity contribution is 7.90. The van der Waals surface area contributed by atoms with Crippen molar-refractivity contribution in [3.8, 4) is 0 Å². The number of hydrogen-bond donors (Lipinski definition) is 1. The highest BCUT2D eigenvalue weighted by Gasteiger charge is 2.18. The molecule has 0 radical (unpaired) electrons. The summed E-state index contributed by atoms with van der Waals surface area (Å²) in [5.41, 5.74) is 2.11. The number of carbonyl (C=O) groups excluding carboxylic acids is 1. The van der Waals surface area contributed by atoms with E-state index in [0.717, 1.165) is 18.4 Å². The van der Waals surface area contributed by atoms with Crippen LogP contribution in [0.15, 0.2) is 89.8 Å². The van der Waals surface area contributed by atoms with Crippen molar-refractivity contribution in [3.05, 3.63) is 102 Å². The Morgan fingerprint density at radius 1 is 0.897 bits per heavy atom. The fourth-order valence-corrected chi connectivity index (χ4v) is 4.63. The van der Waals surface area contributed by atoms with Gasteiger partial charge in [0.25, 0.3) is 5.91 Å². The lowest BCUT2D eigenvalue weighted by Crippen LogP contribution is -2.28. The van der Waals surface area contributed by atoms with Crippen LogP contribution in [0, 0.1) is 0 Å². The molecule has 0 heterocycles. The Kier molecular flexibility index (Phi) is 6.83. The normalized spacial score (nSPS) is 12.3. The van der Waals surface area contributed by atoms with Gasteiger partial charge in [-0.05, 0) is 41.8 Å². The van der Waals surface area contributed by atoms with E-state index < -0.39 is 9.84 Å². The van der Waals surface area contributed by atoms with Crippen LogP contribution in [-0.4, -0.2) is 14.3 Å². The van der Waals surface area contributed by atoms with Crippen molar-refractivity contribution in [1.82, 2.24) is 5.32 Å². The standard InChI is InChI=1S/C24H25NO3S/c1-2-10-23(20-12-5-3-6-13-20)25-24(26)21-14-9-11-19(17-21)18-29(27,28)22-15-7-4-8-16-22/h3-9,11-17,23H,2,10,18H2,1H3,(H,25,26)/t23-/m0/s1. The number of amides is 1. The third-order valence-electron chi connectivity index (χ3n) is 4.73. The van der Waals surface area contributed by atoms with Crippen LogP contribution in [0.1, 0.15) is 47.3 Å². The molecule has 0 aromatic heterocycles. The van der Waals surface area contributed by atoms with E-state index in [-0.39, 0.29) is 22.6 Å². The van der Waals surface area contributed by atoms with Gasteiger partial charge in [0.05, 0.1) is 16.7 Å². The first-order chi connectivity index (χ1) is 14.0. The second-order valence-corrected chi connectivity index (χ2v) is 8.99. The Morgan fingerprint density at radius 2 is 1.55 bits per heavy atom. The molecule has 29 heavy (non-hydrogen) atoms. The van der Waals surface area contributed by atoms with Crippen molar-refractivity contribution in [2.45, 2.75) is 36.5 Å². The summed E-state index contributed by atoms with van der Waals surface area (Å²) >= 11 is 0. The largest absolute Gasteiger partial charge is 0.345 e. The molecule has 1 amide bonds. The predicted octanol–water partition coefficient (Wildman–Crippen LogP) is 4.93. The maximum absolute atomic E-state index is 12.8. The van der Waals surface area contributed by atoms with Gasteiger partial charge in [-0.1, -0.05) is 74.0 Å². The topological polar surface area (TPSA) is 63.2 Å². The van der Waals surface area contributed by atoms with Crippen molar-refractivity contribution in [3.63, 3.8) is 0 Å². The summed E-state index contributed by atoms with van der Waals surface area (Å²) < 4.78 is 25.3. The Balaban J connectivity index is 1.77. The zero-order chi connectivity index (χ0) is 20.7. The highest BCUT2D eigenvalue weighted by Crippen LogP contribution is 2.20. The summed E-state index contributed by atoms with van der Waals surface area (Å²) in [6.07, 6.45) is 1.77. The molecule has 0 aliphatic rings. The molecule has 0 aliphatic carbocycles. The zero-order valence-electron chi connectivity index (χ0n) is 16.4. The second-order valence-electron chi connectivity index (χ2n) is 7.00. The molecule has 1 atom stereocenters. The van der Waals surface area contributed by atoms with Crippen LogP contribution in [0.2, 0.25) is 0 Å². The Bertz CT molecular complexity index is 1050. The van der Waals surface area contributed by atoms with Crippen molar-refractivity contribution < 1.29 is 13.2 Å². The molecule has 0 fully saturated rings. The smallest absolute Gasteiger partial charge is 0.251 e. The zero-order valence-corrected chi connectivity index (χ0v) is 17.2. The number of rotatable bonds is 8. The van der Waals surface area contributed by atoms with Crippen molar-refractivity contribution in [2.75, 3.05) is 0 Å². The van der Waals surface area contributed by atoms with Gasteiger partial charge in [-0.3, -0.25) is 4.79 Å². The van der Waals surface area contributed by atoms with Crippen LogP contribution in [0.4, 0.5) is 0 Å². The second kappa shape index (κ2) is 9.52. The molecular formula is C24H25NO3S. The number of nitrogens with one attached hydrogen (secondary N) is 1. The third kappa shape index (κ3) is 5.55. The summed E-state index contributed by atoms with van der Waals surface area (Å²) in [6, 6.07) is 25.0. The van der Waals surface area contributed by atoms with Gasteiger partial charge in [-0.2, -0.15) is 0 Å². The SMILES string of the molecule is CCC[C@H](NC(=O)c1cccc(CS(=O)(=O)c2ccccc2)c1)c1ccccc1. The third-order valence-corrected chi connectivity index (χ3v) is 6.44. The number of benzene rings is 3. The van der Waals surface area contributed by atoms with Crippen LogP contribution >= 0.6 is 0 Å². The first-order valence-corrected chi connectivity index (χ1v) is 11.4.